The Balaban J connectivity index is 0.00000241. The first kappa shape index (κ1) is 22.1. The maximum absolute atomic E-state index is 10.3. The second-order valence-electron chi connectivity index (χ2n) is 7.75. The summed E-state index contributed by atoms with van der Waals surface area (Å²) in [5.41, 5.74) is 3.49. The third kappa shape index (κ3) is 3.60. The van der Waals surface area contributed by atoms with Crippen LogP contribution in [0.5, 0.6) is 17.4 Å². The molecular weight excluding hydrogens is 607 g/mol. The van der Waals surface area contributed by atoms with Crippen LogP contribution in [0.1, 0.15) is 12.5 Å². The second-order valence-corrected chi connectivity index (χ2v) is 7.75. The Morgan fingerprint density at radius 2 is 1.82 bits per heavy atom. The van der Waals surface area contributed by atoms with Crippen molar-refractivity contribution in [1.29, 1.82) is 0 Å². The molecule has 0 aliphatic rings. The predicted octanol–water partition coefficient (Wildman–Crippen LogP) is 5.98. The molecule has 0 aliphatic carbocycles. The average molecular weight is 627 g/mol. The van der Waals surface area contributed by atoms with Crippen molar-refractivity contribution in [3.63, 3.8) is 0 Å². The molecule has 0 bridgehead atoms. The number of aryl methyl sites for hydroxylation is 1. The molecule has 0 amide bonds. The van der Waals surface area contributed by atoms with Gasteiger partial charge in [0.25, 0.3) is 0 Å². The number of aromatic hydroxyl groups is 1. The quantitative estimate of drug-likeness (QED) is 0.244. The monoisotopic (exact) mass is 626 g/mol. The van der Waals surface area contributed by atoms with Crippen LogP contribution in [-0.2, 0) is 27.5 Å². The fourth-order valence-corrected chi connectivity index (χ4v) is 4.27. The minimum absolute atomic E-state index is 0. The number of nitrogens with zero attached hydrogens (tertiary/aromatic N) is 4. The van der Waals surface area contributed by atoms with E-state index in [9.17, 15) is 5.11 Å². The molecule has 2 aromatic carbocycles. The van der Waals surface area contributed by atoms with Crippen molar-refractivity contribution in [3.8, 4) is 23.2 Å². The van der Waals surface area contributed by atoms with Crippen molar-refractivity contribution in [2.45, 2.75) is 13.3 Å². The number of rotatable bonds is 4. The summed E-state index contributed by atoms with van der Waals surface area (Å²) in [7, 11) is 0. The van der Waals surface area contributed by atoms with E-state index in [0.29, 0.717) is 17.1 Å². The maximum atomic E-state index is 10.3. The number of aromatic nitrogens is 4. The Morgan fingerprint density at radius 3 is 2.65 bits per heavy atom. The van der Waals surface area contributed by atoms with Gasteiger partial charge in [-0.15, -0.1) is 17.5 Å². The van der Waals surface area contributed by atoms with E-state index in [-0.39, 0.29) is 26.8 Å². The fraction of sp³-hybridized carbons (Fsp3) is 0.0741. The van der Waals surface area contributed by atoms with E-state index < -0.39 is 0 Å². The van der Waals surface area contributed by atoms with Crippen LogP contribution in [0.2, 0.25) is 0 Å². The number of fused-ring (bicyclic) bond motifs is 4. The van der Waals surface area contributed by atoms with Gasteiger partial charge < -0.3 is 14.4 Å². The Hall–Kier alpha value is -3.76. The summed E-state index contributed by atoms with van der Waals surface area (Å²) in [5.74, 6) is 1.84. The molecule has 0 spiro atoms. The smallest absolute Gasteiger partial charge is 0.217 e. The molecule has 6 nitrogen and oxygen atoms in total. The SMILES string of the molecule is CCc1ccc(O)c2nc(Oc3[c-]c4c(cc3)c3cnccc3n4-c3ccccn3)ccc12.[Pt]. The molecule has 34 heavy (non-hydrogen) atoms. The molecule has 0 radical (unpaired) electrons. The molecule has 7 heteroatoms. The molecule has 0 atom stereocenters. The van der Waals surface area contributed by atoms with Crippen molar-refractivity contribution in [2.75, 3.05) is 0 Å². The summed E-state index contributed by atoms with van der Waals surface area (Å²) >= 11 is 0. The molecule has 0 saturated carbocycles. The van der Waals surface area contributed by atoms with Crippen LogP contribution >= 0.6 is 0 Å². The molecule has 0 fully saturated rings. The van der Waals surface area contributed by atoms with E-state index in [4.69, 9.17) is 4.74 Å². The zero-order chi connectivity index (χ0) is 22.4. The van der Waals surface area contributed by atoms with Crippen LogP contribution in [-0.4, -0.2) is 24.6 Å². The number of phenolic OH excluding ortho intramolecular Hbond substituents is 1. The zero-order valence-corrected chi connectivity index (χ0v) is 20.4. The third-order valence-corrected chi connectivity index (χ3v) is 5.83. The number of pyridine rings is 3. The van der Waals surface area contributed by atoms with E-state index in [2.05, 4.69) is 27.9 Å². The Bertz CT molecular complexity index is 1650. The van der Waals surface area contributed by atoms with Crippen LogP contribution in [0.15, 0.2) is 79.3 Å². The second kappa shape index (κ2) is 8.88. The first-order valence-corrected chi connectivity index (χ1v) is 10.7. The van der Waals surface area contributed by atoms with Gasteiger partial charge in [0.2, 0.25) is 5.88 Å². The summed E-state index contributed by atoms with van der Waals surface area (Å²) in [6.45, 7) is 2.08. The van der Waals surface area contributed by atoms with Crippen molar-refractivity contribution in [3.05, 3.63) is 90.9 Å². The molecule has 6 aromatic rings. The summed E-state index contributed by atoms with van der Waals surface area (Å²) in [6.07, 6.45) is 6.25. The van der Waals surface area contributed by atoms with E-state index in [1.54, 1.807) is 18.5 Å². The number of hydrogen-bond acceptors (Lipinski definition) is 5. The number of ether oxygens (including phenoxy) is 1. The van der Waals surface area contributed by atoms with E-state index >= 15 is 0 Å². The van der Waals surface area contributed by atoms with E-state index in [0.717, 1.165) is 45.0 Å². The summed E-state index contributed by atoms with van der Waals surface area (Å²) in [4.78, 5) is 13.4. The molecule has 4 heterocycles. The van der Waals surface area contributed by atoms with Crippen molar-refractivity contribution in [1.82, 2.24) is 19.5 Å². The first-order chi connectivity index (χ1) is 16.2. The maximum Gasteiger partial charge on any atom is 0.217 e. The van der Waals surface area contributed by atoms with Gasteiger partial charge in [0.15, 0.2) is 0 Å². The average Bonchev–Trinajstić information content (AvgIpc) is 3.19. The molecule has 0 aliphatic heterocycles. The van der Waals surface area contributed by atoms with Crippen molar-refractivity contribution < 1.29 is 30.9 Å². The van der Waals surface area contributed by atoms with Gasteiger partial charge >= 0.3 is 0 Å². The number of hydrogen-bond donors (Lipinski definition) is 1. The Morgan fingerprint density at radius 1 is 0.941 bits per heavy atom. The van der Waals surface area contributed by atoms with E-state index in [1.165, 1.54) is 0 Å². The summed E-state index contributed by atoms with van der Waals surface area (Å²) in [6, 6.07) is 22.4. The van der Waals surface area contributed by atoms with Gasteiger partial charge in [-0.3, -0.25) is 4.98 Å². The Labute approximate surface area is 210 Å². The summed E-state index contributed by atoms with van der Waals surface area (Å²) < 4.78 is 8.13. The minimum atomic E-state index is 0. The van der Waals surface area contributed by atoms with E-state index in [1.807, 2.05) is 65.4 Å². The van der Waals surface area contributed by atoms with Gasteiger partial charge in [0.1, 0.15) is 17.1 Å². The van der Waals surface area contributed by atoms with Gasteiger partial charge in [-0.1, -0.05) is 24.6 Å². The number of benzene rings is 2. The van der Waals surface area contributed by atoms with Gasteiger partial charge in [0.05, 0.1) is 0 Å². The Kier molecular flexibility index (Phi) is 5.76. The molecular formula is C27H19N4O2Pt-. The molecule has 1 N–H and O–H groups in total. The topological polar surface area (TPSA) is 73.1 Å². The number of phenols is 1. The van der Waals surface area contributed by atoms with Crippen LogP contribution in [0.25, 0.3) is 38.5 Å². The predicted molar refractivity (Wildman–Crippen MR) is 128 cm³/mol. The third-order valence-electron chi connectivity index (χ3n) is 5.83. The van der Waals surface area contributed by atoms with Gasteiger partial charge in [-0.25, -0.2) is 9.97 Å². The summed E-state index contributed by atoms with van der Waals surface area (Å²) in [5, 5.41) is 13.3. The van der Waals surface area contributed by atoms with Crippen molar-refractivity contribution in [2.24, 2.45) is 0 Å². The van der Waals surface area contributed by atoms with Crippen LogP contribution in [0, 0.1) is 6.07 Å². The fourth-order valence-electron chi connectivity index (χ4n) is 4.27. The van der Waals surface area contributed by atoms with Crippen LogP contribution < -0.4 is 4.74 Å². The molecule has 4 aromatic heterocycles. The van der Waals surface area contributed by atoms with Gasteiger partial charge in [-0.05, 0) is 47.7 Å². The molecule has 0 saturated heterocycles. The van der Waals surface area contributed by atoms with Crippen LogP contribution in [0.3, 0.4) is 0 Å². The van der Waals surface area contributed by atoms with Gasteiger partial charge in [0, 0.05) is 62.4 Å². The molecule has 6 rings (SSSR count). The standard InChI is InChI=1S/C27H19N4O2.Pt/c1-2-17-6-10-24(32)27-19(17)9-11-26(30-27)33-18-7-8-20-21-16-28-14-12-22(21)31(23(20)15-18)25-5-3-4-13-29-25;/h3-14,16,32H,2H2,1H3;/q-1;. The van der Waals surface area contributed by atoms with Crippen molar-refractivity contribution >= 4 is 32.7 Å². The van der Waals surface area contributed by atoms with Crippen LogP contribution in [0.4, 0.5) is 0 Å². The minimum Gasteiger partial charge on any atom is -0.506 e. The van der Waals surface area contributed by atoms with Gasteiger partial charge in [-0.2, -0.15) is 6.07 Å². The normalized spacial score (nSPS) is 11.1. The molecule has 170 valence electrons. The zero-order valence-electron chi connectivity index (χ0n) is 18.2. The largest absolute Gasteiger partial charge is 0.506 e. The molecule has 0 unspecified atom stereocenters. The first-order valence-electron chi connectivity index (χ1n) is 10.7.